The van der Waals surface area contributed by atoms with Crippen molar-refractivity contribution >= 4 is 22.9 Å². The van der Waals surface area contributed by atoms with Crippen molar-refractivity contribution < 1.29 is 4.79 Å². The lowest BCUT2D eigenvalue weighted by Gasteiger charge is -2.23. The summed E-state index contributed by atoms with van der Waals surface area (Å²) in [7, 11) is 0. The largest absolute Gasteiger partial charge is 0.308 e. The highest BCUT2D eigenvalue weighted by Gasteiger charge is 2.18. The summed E-state index contributed by atoms with van der Waals surface area (Å²) in [6.07, 6.45) is 0.282. The molecule has 0 aliphatic carbocycles. The molecule has 3 aromatic carbocycles. The second-order valence-electron chi connectivity index (χ2n) is 6.99. The van der Waals surface area contributed by atoms with Crippen molar-refractivity contribution in [3.05, 3.63) is 107 Å². The van der Waals surface area contributed by atoms with E-state index in [-0.39, 0.29) is 12.3 Å². The average Bonchev–Trinajstić information content (AvgIpc) is 3.22. The number of benzene rings is 3. The van der Waals surface area contributed by atoms with Crippen LogP contribution in [0.15, 0.2) is 90.3 Å². The molecule has 0 atom stereocenters. The molecule has 0 N–H and O–H groups in total. The Balaban J connectivity index is 1.56. The number of anilines is 1. The van der Waals surface area contributed by atoms with Crippen molar-refractivity contribution in [3.63, 3.8) is 0 Å². The van der Waals surface area contributed by atoms with Gasteiger partial charge in [-0.25, -0.2) is 4.98 Å². The van der Waals surface area contributed by atoms with Crippen LogP contribution in [0.4, 0.5) is 5.69 Å². The summed E-state index contributed by atoms with van der Waals surface area (Å²) in [5, 5.41) is 2.93. The number of nitrogens with zero attached hydrogens (tertiary/aromatic N) is 2. The minimum Gasteiger partial charge on any atom is -0.308 e. The number of rotatable bonds is 6. The van der Waals surface area contributed by atoms with Gasteiger partial charge < -0.3 is 4.90 Å². The summed E-state index contributed by atoms with van der Waals surface area (Å²) in [6, 6.07) is 28.2. The molecular weight excluding hydrogens is 376 g/mol. The quantitative estimate of drug-likeness (QED) is 0.405. The van der Waals surface area contributed by atoms with Gasteiger partial charge in [-0.1, -0.05) is 78.4 Å². The molecule has 0 unspecified atom stereocenters. The first kappa shape index (κ1) is 19.1. The Kier molecular flexibility index (Phi) is 5.82. The van der Waals surface area contributed by atoms with Crippen LogP contribution < -0.4 is 4.90 Å². The van der Waals surface area contributed by atoms with E-state index in [0.717, 1.165) is 27.5 Å². The molecule has 3 nitrogen and oxygen atoms in total. The second kappa shape index (κ2) is 8.84. The Labute approximate surface area is 175 Å². The highest BCUT2D eigenvalue weighted by atomic mass is 32.1. The number of hydrogen-bond acceptors (Lipinski definition) is 3. The number of thiazole rings is 1. The third-order valence-electron chi connectivity index (χ3n) is 4.74. The van der Waals surface area contributed by atoms with Gasteiger partial charge in [-0.3, -0.25) is 4.79 Å². The van der Waals surface area contributed by atoms with Crippen molar-refractivity contribution in [3.8, 4) is 10.6 Å². The van der Waals surface area contributed by atoms with Crippen LogP contribution in [-0.2, 0) is 17.8 Å². The third-order valence-corrected chi connectivity index (χ3v) is 5.68. The molecule has 1 aromatic heterocycles. The summed E-state index contributed by atoms with van der Waals surface area (Å²) in [6.45, 7) is 2.59. The van der Waals surface area contributed by atoms with Crippen molar-refractivity contribution in [2.24, 2.45) is 0 Å². The molecule has 144 valence electrons. The minimum atomic E-state index is 0.0441. The van der Waals surface area contributed by atoms with Gasteiger partial charge in [-0.05, 0) is 24.6 Å². The summed E-state index contributed by atoms with van der Waals surface area (Å²) >= 11 is 1.58. The summed E-state index contributed by atoms with van der Waals surface area (Å²) in [4.78, 5) is 19.8. The molecule has 1 heterocycles. The van der Waals surface area contributed by atoms with E-state index in [2.05, 4.69) is 4.98 Å². The summed E-state index contributed by atoms with van der Waals surface area (Å²) in [5.74, 6) is 0.0441. The lowest BCUT2D eigenvalue weighted by atomic mass is 10.1. The molecule has 1 amide bonds. The standard InChI is InChI=1S/C25H22N2OS/c1-19-12-14-23(15-13-19)27(17-20-8-4-2-5-9-20)24(28)16-22-18-29-25(26-22)21-10-6-3-7-11-21/h2-15,18H,16-17H2,1H3. The maximum atomic E-state index is 13.2. The van der Waals surface area contributed by atoms with E-state index in [0.29, 0.717) is 6.54 Å². The van der Waals surface area contributed by atoms with Gasteiger partial charge in [0.2, 0.25) is 5.91 Å². The number of aromatic nitrogens is 1. The van der Waals surface area contributed by atoms with Crippen molar-refractivity contribution in [1.82, 2.24) is 4.98 Å². The fraction of sp³-hybridized carbons (Fsp3) is 0.120. The number of hydrogen-bond donors (Lipinski definition) is 0. The molecule has 0 saturated carbocycles. The number of carbonyl (C=O) groups excluding carboxylic acids is 1. The molecule has 0 aliphatic rings. The van der Waals surface area contributed by atoms with Crippen LogP contribution in [0.3, 0.4) is 0 Å². The Morgan fingerprint density at radius 1 is 0.897 bits per heavy atom. The van der Waals surface area contributed by atoms with Crippen LogP contribution in [0.2, 0.25) is 0 Å². The van der Waals surface area contributed by atoms with Gasteiger partial charge in [0.25, 0.3) is 0 Å². The molecule has 4 heteroatoms. The first-order valence-electron chi connectivity index (χ1n) is 9.60. The summed E-state index contributed by atoms with van der Waals surface area (Å²) in [5.41, 5.74) is 5.07. The van der Waals surface area contributed by atoms with E-state index < -0.39 is 0 Å². The van der Waals surface area contributed by atoms with Crippen LogP contribution >= 0.6 is 11.3 Å². The van der Waals surface area contributed by atoms with E-state index in [9.17, 15) is 4.79 Å². The van der Waals surface area contributed by atoms with Gasteiger partial charge in [0.05, 0.1) is 18.7 Å². The van der Waals surface area contributed by atoms with Crippen LogP contribution in [0.25, 0.3) is 10.6 Å². The van der Waals surface area contributed by atoms with Gasteiger partial charge in [-0.15, -0.1) is 11.3 Å². The second-order valence-corrected chi connectivity index (χ2v) is 7.85. The maximum absolute atomic E-state index is 13.2. The van der Waals surface area contributed by atoms with Crippen molar-refractivity contribution in [1.29, 1.82) is 0 Å². The minimum absolute atomic E-state index is 0.0441. The third kappa shape index (κ3) is 4.79. The predicted octanol–water partition coefficient (Wildman–Crippen LogP) is 5.89. The van der Waals surface area contributed by atoms with Gasteiger partial charge in [0.15, 0.2) is 0 Å². The van der Waals surface area contributed by atoms with Crippen LogP contribution in [-0.4, -0.2) is 10.9 Å². The lowest BCUT2D eigenvalue weighted by molar-refractivity contribution is -0.118. The van der Waals surface area contributed by atoms with Crippen LogP contribution in [0, 0.1) is 6.92 Å². The molecule has 4 aromatic rings. The van der Waals surface area contributed by atoms with E-state index >= 15 is 0 Å². The first-order valence-corrected chi connectivity index (χ1v) is 10.5. The Morgan fingerprint density at radius 2 is 1.55 bits per heavy atom. The van der Waals surface area contributed by atoms with Gasteiger partial charge in [0.1, 0.15) is 5.01 Å². The Morgan fingerprint density at radius 3 is 2.24 bits per heavy atom. The van der Waals surface area contributed by atoms with Gasteiger partial charge >= 0.3 is 0 Å². The molecule has 0 saturated heterocycles. The smallest absolute Gasteiger partial charge is 0.233 e. The number of carbonyl (C=O) groups is 1. The normalized spacial score (nSPS) is 10.7. The van der Waals surface area contributed by atoms with E-state index in [1.54, 1.807) is 11.3 Å². The Hall–Kier alpha value is -3.24. The fourth-order valence-corrected chi connectivity index (χ4v) is 3.99. The molecule has 0 radical (unpaired) electrons. The van der Waals surface area contributed by atoms with Crippen molar-refractivity contribution in [2.75, 3.05) is 4.90 Å². The zero-order valence-corrected chi connectivity index (χ0v) is 17.1. The predicted molar refractivity (Wildman–Crippen MR) is 120 cm³/mol. The number of aryl methyl sites for hydroxylation is 1. The Bertz CT molecular complexity index is 1070. The topological polar surface area (TPSA) is 33.2 Å². The molecular formula is C25H22N2OS. The van der Waals surface area contributed by atoms with E-state index in [4.69, 9.17) is 0 Å². The molecule has 4 rings (SSSR count). The monoisotopic (exact) mass is 398 g/mol. The van der Waals surface area contributed by atoms with Crippen LogP contribution in [0.1, 0.15) is 16.8 Å². The number of amides is 1. The fourth-order valence-electron chi connectivity index (χ4n) is 3.17. The molecule has 29 heavy (non-hydrogen) atoms. The van der Waals surface area contributed by atoms with Gasteiger partial charge in [0, 0.05) is 16.6 Å². The first-order chi connectivity index (χ1) is 14.2. The SMILES string of the molecule is Cc1ccc(N(Cc2ccccc2)C(=O)Cc2csc(-c3ccccc3)n2)cc1. The zero-order chi connectivity index (χ0) is 20.1. The maximum Gasteiger partial charge on any atom is 0.233 e. The molecule has 0 fully saturated rings. The molecule has 0 aliphatic heterocycles. The summed E-state index contributed by atoms with van der Waals surface area (Å²) < 4.78 is 0. The highest BCUT2D eigenvalue weighted by molar-refractivity contribution is 7.13. The van der Waals surface area contributed by atoms with Crippen molar-refractivity contribution in [2.45, 2.75) is 19.9 Å². The lowest BCUT2D eigenvalue weighted by Crippen LogP contribution is -2.31. The molecule has 0 bridgehead atoms. The zero-order valence-electron chi connectivity index (χ0n) is 16.3. The highest BCUT2D eigenvalue weighted by Crippen LogP contribution is 2.25. The van der Waals surface area contributed by atoms with Gasteiger partial charge in [-0.2, -0.15) is 0 Å². The van der Waals surface area contributed by atoms with E-state index in [1.807, 2.05) is 102 Å². The molecule has 0 spiro atoms. The van der Waals surface area contributed by atoms with E-state index in [1.165, 1.54) is 5.56 Å². The average molecular weight is 399 g/mol. The van der Waals surface area contributed by atoms with Crippen LogP contribution in [0.5, 0.6) is 0 Å².